The Morgan fingerprint density at radius 3 is 1.15 bits per heavy atom. The van der Waals surface area contributed by atoms with Gasteiger partial charge in [0.15, 0.2) is 0 Å². The molecule has 0 atom stereocenters. The molecule has 0 saturated heterocycles. The molecule has 0 spiro atoms. The standard InChI is InChI=1S/C13H12.C4H10O2.2C2H4O2S.C2H6O2/c1-3-7-12(8-4-1)11-13-9-5-2-6-10-13;1-5-3-4-6-2;2*3-2(4)1-5;3-1-2-4/h1-10H,11H2;3-4H2,1-2H3;2*5H,1H2,(H,3,4);3-4H,1-2H2. The monoisotopic (exact) mass is 504 g/mol. The Morgan fingerprint density at radius 2 is 0.970 bits per heavy atom. The van der Waals surface area contributed by atoms with Crippen LogP contribution in [0.4, 0.5) is 0 Å². The minimum atomic E-state index is -0.881. The van der Waals surface area contributed by atoms with E-state index in [-0.39, 0.29) is 24.7 Å². The van der Waals surface area contributed by atoms with E-state index in [1.54, 1.807) is 14.2 Å². The Hall–Kier alpha value is -2.08. The molecule has 2 aromatic carbocycles. The molecule has 0 unspecified atom stereocenters. The molecule has 2 aromatic rings. The van der Waals surface area contributed by atoms with Crippen molar-refractivity contribution in [1.29, 1.82) is 0 Å². The zero-order valence-corrected chi connectivity index (χ0v) is 20.8. The van der Waals surface area contributed by atoms with E-state index in [0.29, 0.717) is 13.2 Å². The van der Waals surface area contributed by atoms with Crippen molar-refractivity contribution in [2.75, 3.05) is 52.2 Å². The summed E-state index contributed by atoms with van der Waals surface area (Å²) >= 11 is 6.83. The van der Waals surface area contributed by atoms with Gasteiger partial charge in [0.2, 0.25) is 0 Å². The number of ether oxygens (including phenoxy) is 2. The highest BCUT2D eigenvalue weighted by molar-refractivity contribution is 7.81. The van der Waals surface area contributed by atoms with Crippen molar-refractivity contribution in [2.45, 2.75) is 6.42 Å². The summed E-state index contributed by atoms with van der Waals surface area (Å²) in [5, 5.41) is 30.5. The average Bonchev–Trinajstić information content (AvgIpc) is 2.85. The minimum absolute atomic E-state index is 0.0833. The quantitative estimate of drug-likeness (QED) is 0.239. The van der Waals surface area contributed by atoms with E-state index in [0.717, 1.165) is 6.42 Å². The lowest BCUT2D eigenvalue weighted by Gasteiger charge is -2.00. The smallest absolute Gasteiger partial charge is 0.313 e. The second-order valence-corrected chi connectivity index (χ2v) is 6.32. The second kappa shape index (κ2) is 29.9. The van der Waals surface area contributed by atoms with Crippen LogP contribution in [0, 0.1) is 0 Å². The number of thiol groups is 2. The molecule has 0 aromatic heterocycles. The molecule has 0 aliphatic heterocycles. The van der Waals surface area contributed by atoms with Crippen molar-refractivity contribution in [3.63, 3.8) is 0 Å². The molecular weight excluding hydrogens is 468 g/mol. The van der Waals surface area contributed by atoms with E-state index in [1.165, 1.54) is 11.1 Å². The fraction of sp³-hybridized carbons (Fsp3) is 0.391. The van der Waals surface area contributed by atoms with Crippen LogP contribution >= 0.6 is 25.3 Å². The molecule has 4 N–H and O–H groups in total. The predicted octanol–water partition coefficient (Wildman–Crippen LogP) is 2.53. The lowest BCUT2D eigenvalue weighted by atomic mass is 10.1. The van der Waals surface area contributed by atoms with E-state index in [4.69, 9.17) is 20.4 Å². The molecule has 33 heavy (non-hydrogen) atoms. The van der Waals surface area contributed by atoms with Gasteiger partial charge in [-0.25, -0.2) is 0 Å². The summed E-state index contributed by atoms with van der Waals surface area (Å²) in [7, 11) is 3.30. The number of benzene rings is 2. The first-order valence-electron chi connectivity index (χ1n) is 9.75. The summed E-state index contributed by atoms with van der Waals surface area (Å²) in [6.45, 7) is 1.13. The van der Waals surface area contributed by atoms with Crippen molar-refractivity contribution < 1.29 is 39.5 Å². The number of methoxy groups -OCH3 is 2. The number of carboxylic acids is 2. The van der Waals surface area contributed by atoms with Gasteiger partial charge in [-0.05, 0) is 17.5 Å². The highest BCUT2D eigenvalue weighted by Crippen LogP contribution is 2.07. The molecule has 0 bridgehead atoms. The van der Waals surface area contributed by atoms with Crippen LogP contribution in [0.1, 0.15) is 11.1 Å². The molecule has 0 aliphatic rings. The predicted molar refractivity (Wildman–Crippen MR) is 137 cm³/mol. The lowest BCUT2D eigenvalue weighted by Crippen LogP contribution is -1.96. The third kappa shape index (κ3) is 34.7. The number of aliphatic carboxylic acids is 2. The van der Waals surface area contributed by atoms with Gasteiger partial charge < -0.3 is 29.9 Å². The van der Waals surface area contributed by atoms with E-state index < -0.39 is 11.9 Å². The van der Waals surface area contributed by atoms with Crippen molar-refractivity contribution in [3.8, 4) is 0 Å². The van der Waals surface area contributed by atoms with Crippen molar-refractivity contribution in [1.82, 2.24) is 0 Å². The Balaban J connectivity index is -0.000000382. The van der Waals surface area contributed by atoms with Gasteiger partial charge in [0.1, 0.15) is 0 Å². The number of hydrogen-bond donors (Lipinski definition) is 6. The second-order valence-electron chi connectivity index (χ2n) is 5.68. The Labute approximate surface area is 207 Å². The molecule has 0 heterocycles. The van der Waals surface area contributed by atoms with Crippen LogP contribution in [0.2, 0.25) is 0 Å². The number of rotatable bonds is 8. The molecule has 2 rings (SSSR count). The van der Waals surface area contributed by atoms with Crippen molar-refractivity contribution in [3.05, 3.63) is 71.8 Å². The average molecular weight is 505 g/mol. The van der Waals surface area contributed by atoms with E-state index in [2.05, 4.69) is 95.4 Å². The van der Waals surface area contributed by atoms with E-state index >= 15 is 0 Å². The van der Waals surface area contributed by atoms with Crippen LogP contribution in [-0.4, -0.2) is 84.5 Å². The Bertz CT molecular complexity index is 601. The first-order chi connectivity index (χ1) is 15.8. The maximum absolute atomic E-state index is 9.29. The summed E-state index contributed by atoms with van der Waals surface area (Å²) in [4.78, 5) is 18.6. The zero-order chi connectivity index (χ0) is 25.7. The van der Waals surface area contributed by atoms with Gasteiger partial charge >= 0.3 is 11.9 Å². The van der Waals surface area contributed by atoms with Gasteiger partial charge in [0, 0.05) is 14.2 Å². The highest BCUT2D eigenvalue weighted by Gasteiger charge is 1.92. The van der Waals surface area contributed by atoms with Gasteiger partial charge in [0.05, 0.1) is 37.9 Å². The number of hydrogen-bond acceptors (Lipinski definition) is 8. The lowest BCUT2D eigenvalue weighted by molar-refractivity contribution is -0.134. The fourth-order valence-electron chi connectivity index (χ4n) is 1.59. The summed E-state index contributed by atoms with van der Waals surface area (Å²) in [5.41, 5.74) is 2.74. The number of aliphatic hydroxyl groups excluding tert-OH is 2. The molecular formula is C23H36O8S2. The summed E-state index contributed by atoms with van der Waals surface area (Å²) in [6, 6.07) is 21.1. The molecule has 188 valence electrons. The van der Waals surface area contributed by atoms with Gasteiger partial charge in [-0.2, -0.15) is 25.3 Å². The number of carbonyl (C=O) groups is 2. The highest BCUT2D eigenvalue weighted by atomic mass is 32.1. The normalized spacial score (nSPS) is 8.67. The fourth-order valence-corrected chi connectivity index (χ4v) is 1.59. The van der Waals surface area contributed by atoms with Crippen LogP contribution in [0.15, 0.2) is 60.7 Å². The summed E-state index contributed by atoms with van der Waals surface area (Å²) in [6.07, 6.45) is 1.03. The van der Waals surface area contributed by atoms with Crippen LogP contribution in [0.5, 0.6) is 0 Å². The zero-order valence-electron chi connectivity index (χ0n) is 19.0. The van der Waals surface area contributed by atoms with Crippen molar-refractivity contribution >= 4 is 37.2 Å². The van der Waals surface area contributed by atoms with Gasteiger partial charge in [-0.1, -0.05) is 60.7 Å². The summed E-state index contributed by atoms with van der Waals surface area (Å²) < 4.78 is 9.31. The topological polar surface area (TPSA) is 134 Å². The molecule has 0 fully saturated rings. The maximum Gasteiger partial charge on any atom is 0.313 e. The summed E-state index contributed by atoms with van der Waals surface area (Å²) in [5.74, 6) is -1.93. The number of aliphatic hydroxyl groups is 2. The van der Waals surface area contributed by atoms with Crippen LogP contribution in [0.3, 0.4) is 0 Å². The maximum atomic E-state index is 9.29. The molecule has 8 nitrogen and oxygen atoms in total. The third-order valence-electron chi connectivity index (χ3n) is 2.96. The minimum Gasteiger partial charge on any atom is -0.481 e. The molecule has 0 aliphatic carbocycles. The largest absolute Gasteiger partial charge is 0.481 e. The third-order valence-corrected chi connectivity index (χ3v) is 3.50. The molecule has 0 radical (unpaired) electrons. The van der Waals surface area contributed by atoms with Gasteiger partial charge in [-0.3, -0.25) is 9.59 Å². The van der Waals surface area contributed by atoms with E-state index in [1.807, 2.05) is 0 Å². The number of carboxylic acid groups (broad SMARTS) is 2. The molecule has 0 saturated carbocycles. The van der Waals surface area contributed by atoms with Crippen molar-refractivity contribution in [2.24, 2.45) is 0 Å². The van der Waals surface area contributed by atoms with E-state index in [9.17, 15) is 9.59 Å². The van der Waals surface area contributed by atoms with Crippen LogP contribution in [-0.2, 0) is 25.5 Å². The SMILES string of the molecule is COCCOC.O=C(O)CS.O=C(O)CS.OCCO.c1ccc(Cc2ccccc2)cc1. The Morgan fingerprint density at radius 1 is 0.697 bits per heavy atom. The first kappa shape index (κ1) is 35.5. The Kier molecular flexibility index (Phi) is 32.2. The molecule has 0 amide bonds. The first-order valence-corrected chi connectivity index (χ1v) is 11.0. The van der Waals surface area contributed by atoms with Gasteiger partial charge in [0.25, 0.3) is 0 Å². The van der Waals surface area contributed by atoms with Gasteiger partial charge in [-0.15, -0.1) is 0 Å². The molecule has 10 heteroatoms. The van der Waals surface area contributed by atoms with Crippen LogP contribution < -0.4 is 0 Å². The van der Waals surface area contributed by atoms with Crippen LogP contribution in [0.25, 0.3) is 0 Å².